The predicted molar refractivity (Wildman–Crippen MR) is 55.3 cm³/mol. The molecule has 0 aliphatic heterocycles. The van der Waals surface area contributed by atoms with Crippen molar-refractivity contribution in [1.29, 1.82) is 0 Å². The maximum atomic E-state index is 11.2. The van der Waals surface area contributed by atoms with Crippen molar-refractivity contribution < 1.29 is 15.3 Å². The largest absolute Gasteiger partial charge is 0.503 e. The molecule has 0 aromatic carbocycles. The third-order valence-corrected chi connectivity index (χ3v) is 2.06. The summed E-state index contributed by atoms with van der Waals surface area (Å²) in [4.78, 5) is 17.3. The second-order valence-electron chi connectivity index (χ2n) is 3.09. The van der Waals surface area contributed by atoms with Crippen LogP contribution in [0.15, 0.2) is 29.2 Å². The van der Waals surface area contributed by atoms with Gasteiger partial charge in [0.1, 0.15) is 5.69 Å². The zero-order chi connectivity index (χ0) is 11.7. The van der Waals surface area contributed by atoms with Gasteiger partial charge < -0.3 is 20.3 Å². The summed E-state index contributed by atoms with van der Waals surface area (Å²) >= 11 is 0. The van der Waals surface area contributed by atoms with E-state index in [-0.39, 0.29) is 11.4 Å². The number of hydrogen-bond donors (Lipinski definition) is 4. The van der Waals surface area contributed by atoms with Crippen molar-refractivity contribution in [2.45, 2.75) is 0 Å². The monoisotopic (exact) mass is 220 g/mol. The van der Waals surface area contributed by atoms with Crippen LogP contribution in [0.2, 0.25) is 0 Å². The Morgan fingerprint density at radius 1 is 1.06 bits per heavy atom. The molecular weight excluding hydrogens is 212 g/mol. The number of aromatic nitrogens is 2. The maximum Gasteiger partial charge on any atom is 0.294 e. The standard InChI is InChI=1S/C10H8N2O4/c13-7-6(5-3-1-2-4-11-5)12-10(16)9(15)8(7)14/h1-4,13,15H,(H2,12,14,16). The summed E-state index contributed by atoms with van der Waals surface area (Å²) in [6.45, 7) is 0. The zero-order valence-corrected chi connectivity index (χ0v) is 8.01. The molecule has 4 N–H and O–H groups in total. The topological polar surface area (TPSA) is 106 Å². The van der Waals surface area contributed by atoms with Crippen LogP contribution in [0.25, 0.3) is 11.4 Å². The van der Waals surface area contributed by atoms with E-state index in [1.165, 1.54) is 6.20 Å². The Morgan fingerprint density at radius 3 is 2.44 bits per heavy atom. The Hall–Kier alpha value is -2.50. The number of H-pyrrole nitrogens is 1. The molecule has 2 aromatic heterocycles. The molecule has 0 fully saturated rings. The molecule has 0 atom stereocenters. The summed E-state index contributed by atoms with van der Waals surface area (Å²) in [5.41, 5.74) is -0.649. The molecule has 0 saturated heterocycles. The summed E-state index contributed by atoms with van der Waals surface area (Å²) in [7, 11) is 0. The van der Waals surface area contributed by atoms with Crippen molar-refractivity contribution in [3.8, 4) is 28.6 Å². The van der Waals surface area contributed by atoms with Crippen LogP contribution in [-0.2, 0) is 0 Å². The molecule has 0 unspecified atom stereocenters. The Morgan fingerprint density at radius 2 is 1.81 bits per heavy atom. The van der Waals surface area contributed by atoms with Crippen molar-refractivity contribution in [3.63, 3.8) is 0 Å². The smallest absolute Gasteiger partial charge is 0.294 e. The third kappa shape index (κ3) is 1.46. The number of pyridine rings is 2. The SMILES string of the molecule is O=c1[nH]c(-c2ccccn2)c(O)c(O)c1O. The van der Waals surface area contributed by atoms with Crippen LogP contribution >= 0.6 is 0 Å². The van der Waals surface area contributed by atoms with Gasteiger partial charge in [0.2, 0.25) is 11.5 Å². The first kappa shape index (κ1) is 10.0. The van der Waals surface area contributed by atoms with E-state index in [2.05, 4.69) is 9.97 Å². The van der Waals surface area contributed by atoms with E-state index in [0.29, 0.717) is 0 Å². The molecule has 2 aromatic rings. The molecule has 0 aliphatic rings. The molecule has 0 saturated carbocycles. The minimum atomic E-state index is -0.919. The van der Waals surface area contributed by atoms with Gasteiger partial charge in [-0.3, -0.25) is 9.78 Å². The predicted octanol–water partition coefficient (Wildman–Crippen LogP) is 0.554. The van der Waals surface area contributed by atoms with E-state index < -0.39 is 22.8 Å². The van der Waals surface area contributed by atoms with Crippen LogP contribution in [0.3, 0.4) is 0 Å². The number of rotatable bonds is 1. The van der Waals surface area contributed by atoms with Gasteiger partial charge in [0.05, 0.1) is 5.69 Å². The Bertz CT molecular complexity index is 577. The molecule has 6 nitrogen and oxygen atoms in total. The second-order valence-corrected chi connectivity index (χ2v) is 3.09. The summed E-state index contributed by atoms with van der Waals surface area (Å²) in [6.07, 6.45) is 1.47. The first-order valence-electron chi connectivity index (χ1n) is 4.40. The van der Waals surface area contributed by atoms with Gasteiger partial charge in [-0.15, -0.1) is 0 Å². The van der Waals surface area contributed by atoms with Crippen LogP contribution < -0.4 is 5.56 Å². The average Bonchev–Trinajstić information content (AvgIpc) is 2.32. The Kier molecular flexibility index (Phi) is 2.24. The molecule has 6 heteroatoms. The fourth-order valence-electron chi connectivity index (χ4n) is 1.27. The lowest BCUT2D eigenvalue weighted by atomic mass is 10.2. The molecule has 82 valence electrons. The van der Waals surface area contributed by atoms with Gasteiger partial charge in [-0.05, 0) is 12.1 Å². The third-order valence-electron chi connectivity index (χ3n) is 2.06. The lowest BCUT2D eigenvalue weighted by Crippen LogP contribution is -2.07. The first-order valence-corrected chi connectivity index (χ1v) is 4.40. The van der Waals surface area contributed by atoms with E-state index >= 15 is 0 Å². The number of nitrogens with zero attached hydrogens (tertiary/aromatic N) is 1. The molecule has 0 radical (unpaired) electrons. The van der Waals surface area contributed by atoms with E-state index in [4.69, 9.17) is 5.11 Å². The lowest BCUT2D eigenvalue weighted by Gasteiger charge is -2.06. The van der Waals surface area contributed by atoms with Gasteiger partial charge in [0.25, 0.3) is 5.56 Å². The number of aromatic amines is 1. The van der Waals surface area contributed by atoms with Crippen molar-refractivity contribution in [2.24, 2.45) is 0 Å². The van der Waals surface area contributed by atoms with E-state index in [1.807, 2.05) is 0 Å². The molecule has 16 heavy (non-hydrogen) atoms. The molecular formula is C10H8N2O4. The first-order chi connectivity index (χ1) is 7.61. The van der Waals surface area contributed by atoms with Crippen LogP contribution in [0.5, 0.6) is 17.2 Å². The van der Waals surface area contributed by atoms with Crippen molar-refractivity contribution >= 4 is 0 Å². The van der Waals surface area contributed by atoms with E-state index in [1.54, 1.807) is 18.2 Å². The van der Waals surface area contributed by atoms with Gasteiger partial charge in [0.15, 0.2) is 5.75 Å². The zero-order valence-electron chi connectivity index (χ0n) is 8.01. The summed E-state index contributed by atoms with van der Waals surface area (Å²) in [5.74, 6) is -2.39. The van der Waals surface area contributed by atoms with Gasteiger partial charge in [-0.1, -0.05) is 6.07 Å². The summed E-state index contributed by atoms with van der Waals surface area (Å²) in [5, 5.41) is 27.9. The highest BCUT2D eigenvalue weighted by molar-refractivity contribution is 5.68. The minimum absolute atomic E-state index is 0.0408. The average molecular weight is 220 g/mol. The van der Waals surface area contributed by atoms with E-state index in [9.17, 15) is 15.0 Å². The highest BCUT2D eigenvalue weighted by Gasteiger charge is 2.17. The van der Waals surface area contributed by atoms with Crippen LogP contribution in [0.4, 0.5) is 0 Å². The molecule has 0 aliphatic carbocycles. The fourth-order valence-corrected chi connectivity index (χ4v) is 1.27. The molecule has 0 bridgehead atoms. The quantitative estimate of drug-likeness (QED) is 0.561. The Labute approximate surface area is 89.5 Å². The summed E-state index contributed by atoms with van der Waals surface area (Å²) < 4.78 is 0. The Balaban J connectivity index is 2.73. The van der Waals surface area contributed by atoms with Crippen molar-refractivity contribution in [2.75, 3.05) is 0 Å². The molecule has 2 heterocycles. The second kappa shape index (κ2) is 3.58. The fraction of sp³-hybridized carbons (Fsp3) is 0. The normalized spacial score (nSPS) is 10.2. The molecule has 2 rings (SSSR count). The highest BCUT2D eigenvalue weighted by atomic mass is 16.3. The van der Waals surface area contributed by atoms with Gasteiger partial charge in [-0.25, -0.2) is 0 Å². The maximum absolute atomic E-state index is 11.2. The van der Waals surface area contributed by atoms with Gasteiger partial charge >= 0.3 is 0 Å². The van der Waals surface area contributed by atoms with Crippen molar-refractivity contribution in [3.05, 3.63) is 34.7 Å². The van der Waals surface area contributed by atoms with Gasteiger partial charge in [0, 0.05) is 6.20 Å². The number of aromatic hydroxyl groups is 3. The highest BCUT2D eigenvalue weighted by Crippen LogP contribution is 2.37. The lowest BCUT2D eigenvalue weighted by molar-refractivity contribution is 0.363. The van der Waals surface area contributed by atoms with Crippen LogP contribution in [0, 0.1) is 0 Å². The van der Waals surface area contributed by atoms with Crippen LogP contribution in [0.1, 0.15) is 0 Å². The van der Waals surface area contributed by atoms with Crippen molar-refractivity contribution in [1.82, 2.24) is 9.97 Å². The van der Waals surface area contributed by atoms with Gasteiger partial charge in [-0.2, -0.15) is 0 Å². The number of hydrogen-bond acceptors (Lipinski definition) is 5. The summed E-state index contributed by atoms with van der Waals surface area (Å²) in [6, 6.07) is 4.87. The number of nitrogens with one attached hydrogen (secondary N) is 1. The minimum Gasteiger partial charge on any atom is -0.503 e. The molecule has 0 amide bonds. The van der Waals surface area contributed by atoms with E-state index in [0.717, 1.165) is 0 Å². The van der Waals surface area contributed by atoms with Crippen LogP contribution in [-0.4, -0.2) is 25.3 Å². The molecule has 0 spiro atoms.